The van der Waals surface area contributed by atoms with Crippen molar-refractivity contribution in [3.05, 3.63) is 23.8 Å². The van der Waals surface area contributed by atoms with E-state index in [1.165, 1.54) is 12.8 Å². The molecule has 4 nitrogen and oxygen atoms in total. The Labute approximate surface area is 120 Å². The van der Waals surface area contributed by atoms with Gasteiger partial charge in [0.15, 0.2) is 0 Å². The second-order valence-electron chi connectivity index (χ2n) is 5.43. The highest BCUT2D eigenvalue weighted by Crippen LogP contribution is 2.24. The number of phenols is 1. The molecule has 0 radical (unpaired) electrons. The van der Waals surface area contributed by atoms with Gasteiger partial charge in [0.2, 0.25) is 0 Å². The lowest BCUT2D eigenvalue weighted by Crippen LogP contribution is -2.33. The lowest BCUT2D eigenvalue weighted by molar-refractivity contribution is -0.131. The Balaban J connectivity index is 1.97. The van der Waals surface area contributed by atoms with Gasteiger partial charge in [0.05, 0.1) is 6.10 Å². The van der Waals surface area contributed by atoms with Crippen LogP contribution in [0.3, 0.4) is 0 Å². The molecule has 1 unspecified atom stereocenters. The Morgan fingerprint density at radius 3 is 2.75 bits per heavy atom. The maximum atomic E-state index is 12.3. The van der Waals surface area contributed by atoms with Crippen molar-refractivity contribution < 1.29 is 14.6 Å². The topological polar surface area (TPSA) is 58.6 Å². The van der Waals surface area contributed by atoms with Gasteiger partial charge in [-0.3, -0.25) is 4.79 Å². The van der Waals surface area contributed by atoms with Gasteiger partial charge in [-0.05, 0) is 49.9 Å². The molecule has 0 aromatic heterocycles. The Morgan fingerprint density at radius 2 is 2.15 bits per heavy atom. The minimum atomic E-state index is -0.397. The maximum absolute atomic E-state index is 12.3. The predicted molar refractivity (Wildman–Crippen MR) is 78.9 cm³/mol. The third-order valence-electron chi connectivity index (χ3n) is 3.79. The molecule has 0 spiro atoms. The van der Waals surface area contributed by atoms with E-state index in [0.29, 0.717) is 6.42 Å². The van der Waals surface area contributed by atoms with Crippen molar-refractivity contribution in [3.8, 4) is 5.75 Å². The fourth-order valence-corrected chi connectivity index (χ4v) is 2.60. The number of ether oxygens (including phenoxy) is 1. The quantitative estimate of drug-likeness (QED) is 0.811. The molecule has 1 fully saturated rings. The van der Waals surface area contributed by atoms with E-state index < -0.39 is 6.10 Å². The highest BCUT2D eigenvalue weighted by Gasteiger charge is 2.24. The Bertz CT molecular complexity index is 467. The van der Waals surface area contributed by atoms with Crippen molar-refractivity contribution in [2.75, 3.05) is 5.32 Å². The highest BCUT2D eigenvalue weighted by molar-refractivity contribution is 5.94. The molecule has 110 valence electrons. The smallest absolute Gasteiger partial charge is 0.253 e. The third kappa shape index (κ3) is 3.73. The van der Waals surface area contributed by atoms with Gasteiger partial charge in [-0.15, -0.1) is 0 Å². The van der Waals surface area contributed by atoms with Crippen molar-refractivity contribution in [1.82, 2.24) is 0 Å². The van der Waals surface area contributed by atoms with Gasteiger partial charge in [0, 0.05) is 5.69 Å². The van der Waals surface area contributed by atoms with E-state index in [1.54, 1.807) is 18.2 Å². The Kier molecular flexibility index (Phi) is 5.01. The molecule has 0 aliphatic heterocycles. The fraction of sp³-hybridized carbons (Fsp3) is 0.562. The molecule has 1 amide bonds. The monoisotopic (exact) mass is 277 g/mol. The summed E-state index contributed by atoms with van der Waals surface area (Å²) in [6, 6.07) is 4.92. The highest BCUT2D eigenvalue weighted by atomic mass is 16.5. The van der Waals surface area contributed by atoms with Gasteiger partial charge in [-0.25, -0.2) is 0 Å². The molecule has 1 aromatic carbocycles. The van der Waals surface area contributed by atoms with Crippen LogP contribution in [-0.4, -0.2) is 23.2 Å². The van der Waals surface area contributed by atoms with E-state index in [1.807, 2.05) is 13.8 Å². The number of amides is 1. The van der Waals surface area contributed by atoms with Gasteiger partial charge in [-0.1, -0.05) is 19.8 Å². The second-order valence-corrected chi connectivity index (χ2v) is 5.43. The molecule has 0 heterocycles. The van der Waals surface area contributed by atoms with Crippen molar-refractivity contribution in [2.45, 2.75) is 58.2 Å². The van der Waals surface area contributed by atoms with Crippen LogP contribution in [-0.2, 0) is 9.53 Å². The normalized spacial score (nSPS) is 17.1. The number of nitrogens with one attached hydrogen (secondary N) is 1. The zero-order chi connectivity index (χ0) is 14.5. The fourth-order valence-electron chi connectivity index (χ4n) is 2.60. The molecule has 20 heavy (non-hydrogen) atoms. The summed E-state index contributed by atoms with van der Waals surface area (Å²) in [5.41, 5.74) is 1.57. The van der Waals surface area contributed by atoms with Crippen molar-refractivity contribution in [3.63, 3.8) is 0 Å². The molecular formula is C16H23NO3. The van der Waals surface area contributed by atoms with E-state index in [4.69, 9.17) is 4.74 Å². The summed E-state index contributed by atoms with van der Waals surface area (Å²) in [7, 11) is 0. The van der Waals surface area contributed by atoms with Crippen LogP contribution in [0.25, 0.3) is 0 Å². The molecule has 4 heteroatoms. The zero-order valence-corrected chi connectivity index (χ0v) is 12.2. The summed E-state index contributed by atoms with van der Waals surface area (Å²) in [6.45, 7) is 3.82. The average molecular weight is 277 g/mol. The van der Waals surface area contributed by atoms with E-state index >= 15 is 0 Å². The maximum Gasteiger partial charge on any atom is 0.253 e. The second kappa shape index (κ2) is 6.75. The molecule has 1 aliphatic rings. The van der Waals surface area contributed by atoms with Gasteiger partial charge < -0.3 is 15.2 Å². The standard InChI is InChI=1S/C16H23NO3/c1-3-15(20-13-6-4-5-7-13)16(19)17-14-9-8-12(18)10-11(14)2/h8-10,13,15,18H,3-7H2,1-2H3,(H,17,19). The van der Waals surface area contributed by atoms with E-state index in [9.17, 15) is 9.90 Å². The first-order chi connectivity index (χ1) is 9.60. The van der Waals surface area contributed by atoms with Gasteiger partial charge in [-0.2, -0.15) is 0 Å². The molecule has 2 rings (SSSR count). The number of rotatable bonds is 5. The number of carbonyl (C=O) groups excluding carboxylic acids is 1. The Hall–Kier alpha value is -1.55. The number of hydrogen-bond acceptors (Lipinski definition) is 3. The van der Waals surface area contributed by atoms with Crippen molar-refractivity contribution >= 4 is 11.6 Å². The van der Waals surface area contributed by atoms with E-state index in [-0.39, 0.29) is 17.8 Å². The Morgan fingerprint density at radius 1 is 1.45 bits per heavy atom. The molecule has 0 saturated heterocycles. The largest absolute Gasteiger partial charge is 0.508 e. The van der Waals surface area contributed by atoms with E-state index in [2.05, 4.69) is 5.32 Å². The average Bonchev–Trinajstić information content (AvgIpc) is 2.92. The zero-order valence-electron chi connectivity index (χ0n) is 12.2. The first-order valence-corrected chi connectivity index (χ1v) is 7.36. The lowest BCUT2D eigenvalue weighted by Gasteiger charge is -2.20. The van der Waals surface area contributed by atoms with Crippen LogP contribution in [0.1, 0.15) is 44.6 Å². The van der Waals surface area contributed by atoms with Gasteiger partial charge in [0.1, 0.15) is 11.9 Å². The van der Waals surface area contributed by atoms with Gasteiger partial charge >= 0.3 is 0 Å². The molecule has 1 aromatic rings. The van der Waals surface area contributed by atoms with Crippen LogP contribution < -0.4 is 5.32 Å². The summed E-state index contributed by atoms with van der Waals surface area (Å²) < 4.78 is 5.90. The van der Waals surface area contributed by atoms with Crippen LogP contribution in [0.2, 0.25) is 0 Å². The third-order valence-corrected chi connectivity index (χ3v) is 3.79. The SMILES string of the molecule is CCC(OC1CCCC1)C(=O)Nc1ccc(O)cc1C. The molecule has 1 aliphatic carbocycles. The van der Waals surface area contributed by atoms with Crippen LogP contribution in [0.5, 0.6) is 5.75 Å². The van der Waals surface area contributed by atoms with Crippen LogP contribution in [0.4, 0.5) is 5.69 Å². The van der Waals surface area contributed by atoms with Crippen LogP contribution >= 0.6 is 0 Å². The number of phenolic OH excluding ortho intramolecular Hbond substituents is 1. The summed E-state index contributed by atoms with van der Waals surface area (Å²) in [4.78, 5) is 12.3. The number of anilines is 1. The molecular weight excluding hydrogens is 254 g/mol. The number of benzene rings is 1. The molecule has 1 atom stereocenters. The summed E-state index contributed by atoms with van der Waals surface area (Å²) >= 11 is 0. The molecule has 0 bridgehead atoms. The lowest BCUT2D eigenvalue weighted by atomic mass is 10.1. The number of aromatic hydroxyl groups is 1. The summed E-state index contributed by atoms with van der Waals surface area (Å²) in [5, 5.41) is 12.3. The minimum Gasteiger partial charge on any atom is -0.508 e. The number of carbonyl (C=O) groups is 1. The van der Waals surface area contributed by atoms with Crippen molar-refractivity contribution in [1.29, 1.82) is 0 Å². The summed E-state index contributed by atoms with van der Waals surface area (Å²) in [6.07, 6.45) is 5.00. The van der Waals surface area contributed by atoms with Gasteiger partial charge in [0.25, 0.3) is 5.91 Å². The first-order valence-electron chi connectivity index (χ1n) is 7.36. The molecule has 2 N–H and O–H groups in total. The number of aryl methyl sites for hydroxylation is 1. The minimum absolute atomic E-state index is 0.104. The van der Waals surface area contributed by atoms with E-state index in [0.717, 1.165) is 24.1 Å². The van der Waals surface area contributed by atoms with Crippen molar-refractivity contribution in [2.24, 2.45) is 0 Å². The number of hydrogen-bond donors (Lipinski definition) is 2. The first kappa shape index (κ1) is 14.9. The predicted octanol–water partition coefficient (Wildman–Crippen LogP) is 3.38. The van der Waals surface area contributed by atoms with Crippen LogP contribution in [0, 0.1) is 6.92 Å². The van der Waals surface area contributed by atoms with Crippen LogP contribution in [0.15, 0.2) is 18.2 Å². The summed E-state index contributed by atoms with van der Waals surface area (Å²) in [5.74, 6) is 0.0999. The molecule has 1 saturated carbocycles.